The second kappa shape index (κ2) is 3.31. The number of nitrogens with two attached hydrogens (primary N) is 1. The summed E-state index contributed by atoms with van der Waals surface area (Å²) in [6.45, 7) is 0.933. The predicted octanol–water partition coefficient (Wildman–Crippen LogP) is 2.20. The lowest BCUT2D eigenvalue weighted by Crippen LogP contribution is -2.16. The number of aliphatic imine (C=N–C) groups is 1. The summed E-state index contributed by atoms with van der Waals surface area (Å²) in [5, 5.41) is 3.16. The van der Waals surface area contributed by atoms with Gasteiger partial charge in [0.25, 0.3) is 0 Å². The molecule has 3 nitrogen and oxygen atoms in total. The van der Waals surface area contributed by atoms with Crippen LogP contribution in [-0.4, -0.2) is 16.6 Å². The maximum atomic E-state index is 5.76. The quantitative estimate of drug-likeness (QED) is 0.733. The standard InChI is InChI=1S/C11H11N3S/c12-9-3-1-2-8(6-9)10-7-14-4-5-15-11(14)13-10/h1-6,10H,7,12H2/t10-/m1/s1. The van der Waals surface area contributed by atoms with E-state index >= 15 is 0 Å². The van der Waals surface area contributed by atoms with Crippen molar-refractivity contribution in [3.05, 3.63) is 41.4 Å². The van der Waals surface area contributed by atoms with Gasteiger partial charge in [0.15, 0.2) is 5.17 Å². The van der Waals surface area contributed by atoms with Gasteiger partial charge >= 0.3 is 0 Å². The van der Waals surface area contributed by atoms with Crippen molar-refractivity contribution in [2.24, 2.45) is 4.99 Å². The molecular formula is C11H11N3S. The fraction of sp³-hybridized carbons (Fsp3) is 0.182. The van der Waals surface area contributed by atoms with Gasteiger partial charge in [-0.2, -0.15) is 0 Å². The Morgan fingerprint density at radius 3 is 3.20 bits per heavy atom. The first-order valence-electron chi connectivity index (χ1n) is 4.86. The molecule has 76 valence electrons. The van der Waals surface area contributed by atoms with Gasteiger partial charge in [-0.15, -0.1) is 0 Å². The van der Waals surface area contributed by atoms with E-state index in [1.165, 1.54) is 5.56 Å². The smallest absolute Gasteiger partial charge is 0.168 e. The Morgan fingerprint density at radius 1 is 1.47 bits per heavy atom. The Morgan fingerprint density at radius 2 is 2.40 bits per heavy atom. The number of rotatable bonds is 1. The Balaban J connectivity index is 1.89. The van der Waals surface area contributed by atoms with Crippen LogP contribution in [-0.2, 0) is 0 Å². The van der Waals surface area contributed by atoms with Crippen molar-refractivity contribution in [1.82, 2.24) is 4.90 Å². The Bertz CT molecular complexity index is 453. The molecule has 2 aliphatic heterocycles. The molecule has 0 amide bonds. The summed E-state index contributed by atoms with van der Waals surface area (Å²) in [6.07, 6.45) is 2.08. The largest absolute Gasteiger partial charge is 0.399 e. The van der Waals surface area contributed by atoms with Gasteiger partial charge in [-0.05, 0) is 23.1 Å². The molecule has 0 fully saturated rings. The van der Waals surface area contributed by atoms with E-state index in [1.54, 1.807) is 11.8 Å². The summed E-state index contributed by atoms with van der Waals surface area (Å²) >= 11 is 1.68. The zero-order chi connectivity index (χ0) is 10.3. The first-order chi connectivity index (χ1) is 7.33. The molecule has 0 saturated carbocycles. The van der Waals surface area contributed by atoms with Crippen molar-refractivity contribution in [3.8, 4) is 0 Å². The zero-order valence-corrected chi connectivity index (χ0v) is 8.95. The lowest BCUT2D eigenvalue weighted by Gasteiger charge is -2.11. The molecule has 0 saturated heterocycles. The van der Waals surface area contributed by atoms with E-state index in [9.17, 15) is 0 Å². The molecule has 2 aliphatic rings. The topological polar surface area (TPSA) is 41.6 Å². The fourth-order valence-electron chi connectivity index (χ4n) is 1.85. The molecule has 0 aromatic heterocycles. The van der Waals surface area contributed by atoms with Crippen LogP contribution in [0.25, 0.3) is 0 Å². The van der Waals surface area contributed by atoms with Crippen LogP contribution in [0.4, 0.5) is 5.69 Å². The number of benzene rings is 1. The lowest BCUT2D eigenvalue weighted by molar-refractivity contribution is 0.558. The average Bonchev–Trinajstić information content (AvgIpc) is 2.76. The van der Waals surface area contributed by atoms with E-state index in [2.05, 4.69) is 27.6 Å². The van der Waals surface area contributed by atoms with E-state index in [0.717, 1.165) is 17.4 Å². The number of anilines is 1. The molecule has 0 aliphatic carbocycles. The molecule has 1 aromatic carbocycles. The first-order valence-corrected chi connectivity index (χ1v) is 5.74. The summed E-state index contributed by atoms with van der Waals surface area (Å²) in [5.41, 5.74) is 7.77. The summed E-state index contributed by atoms with van der Waals surface area (Å²) in [6, 6.07) is 8.21. The van der Waals surface area contributed by atoms with E-state index in [4.69, 9.17) is 5.73 Å². The van der Waals surface area contributed by atoms with Crippen LogP contribution < -0.4 is 5.73 Å². The SMILES string of the molecule is Nc1cccc([C@H]2CN3C=CSC3=N2)c1. The first kappa shape index (κ1) is 8.85. The predicted molar refractivity (Wildman–Crippen MR) is 64.5 cm³/mol. The molecule has 15 heavy (non-hydrogen) atoms. The zero-order valence-electron chi connectivity index (χ0n) is 8.13. The van der Waals surface area contributed by atoms with Crippen LogP contribution >= 0.6 is 11.8 Å². The third kappa shape index (κ3) is 1.51. The van der Waals surface area contributed by atoms with Crippen molar-refractivity contribution in [2.75, 3.05) is 12.3 Å². The van der Waals surface area contributed by atoms with Crippen LogP contribution in [0.5, 0.6) is 0 Å². The number of hydrogen-bond acceptors (Lipinski definition) is 4. The van der Waals surface area contributed by atoms with Gasteiger partial charge in [-0.1, -0.05) is 23.9 Å². The highest BCUT2D eigenvalue weighted by Gasteiger charge is 2.27. The van der Waals surface area contributed by atoms with Crippen molar-refractivity contribution in [1.29, 1.82) is 0 Å². The highest BCUT2D eigenvalue weighted by atomic mass is 32.2. The van der Waals surface area contributed by atoms with Gasteiger partial charge in [0.1, 0.15) is 0 Å². The number of amidine groups is 1. The second-order valence-electron chi connectivity index (χ2n) is 3.65. The van der Waals surface area contributed by atoms with E-state index in [-0.39, 0.29) is 6.04 Å². The minimum absolute atomic E-state index is 0.237. The molecule has 2 N–H and O–H groups in total. The number of nitrogens with zero attached hydrogens (tertiary/aromatic N) is 2. The fourth-order valence-corrected chi connectivity index (χ4v) is 2.63. The van der Waals surface area contributed by atoms with Crippen LogP contribution in [0, 0.1) is 0 Å². The lowest BCUT2D eigenvalue weighted by atomic mass is 10.1. The molecule has 0 unspecified atom stereocenters. The number of hydrogen-bond donors (Lipinski definition) is 1. The van der Waals surface area contributed by atoms with Crippen molar-refractivity contribution in [2.45, 2.75) is 6.04 Å². The highest BCUT2D eigenvalue weighted by molar-refractivity contribution is 8.16. The molecule has 1 atom stereocenters. The Labute approximate surface area is 92.7 Å². The summed E-state index contributed by atoms with van der Waals surface area (Å²) in [7, 11) is 0. The average molecular weight is 217 g/mol. The summed E-state index contributed by atoms with van der Waals surface area (Å²) < 4.78 is 0. The molecule has 2 heterocycles. The number of thioether (sulfide) groups is 1. The van der Waals surface area contributed by atoms with Gasteiger partial charge < -0.3 is 10.6 Å². The van der Waals surface area contributed by atoms with E-state index < -0.39 is 0 Å². The van der Waals surface area contributed by atoms with Crippen LogP contribution in [0.15, 0.2) is 40.9 Å². The molecule has 4 heteroatoms. The molecule has 3 rings (SSSR count). The minimum Gasteiger partial charge on any atom is -0.399 e. The van der Waals surface area contributed by atoms with Gasteiger partial charge in [0.2, 0.25) is 0 Å². The number of nitrogen functional groups attached to an aromatic ring is 1. The molecule has 0 spiro atoms. The summed E-state index contributed by atoms with van der Waals surface area (Å²) in [5.74, 6) is 0. The maximum absolute atomic E-state index is 5.76. The van der Waals surface area contributed by atoms with Crippen molar-refractivity contribution in [3.63, 3.8) is 0 Å². The van der Waals surface area contributed by atoms with Gasteiger partial charge in [0, 0.05) is 11.9 Å². The van der Waals surface area contributed by atoms with Crippen LogP contribution in [0.2, 0.25) is 0 Å². The highest BCUT2D eigenvalue weighted by Crippen LogP contribution is 2.33. The van der Waals surface area contributed by atoms with E-state index in [0.29, 0.717) is 0 Å². The van der Waals surface area contributed by atoms with Crippen molar-refractivity contribution >= 4 is 22.6 Å². The van der Waals surface area contributed by atoms with Crippen LogP contribution in [0.3, 0.4) is 0 Å². The maximum Gasteiger partial charge on any atom is 0.168 e. The molecule has 0 radical (unpaired) electrons. The minimum atomic E-state index is 0.237. The summed E-state index contributed by atoms with van der Waals surface area (Å²) in [4.78, 5) is 6.83. The number of fused-ring (bicyclic) bond motifs is 1. The van der Waals surface area contributed by atoms with E-state index in [1.807, 2.05) is 18.2 Å². The van der Waals surface area contributed by atoms with Gasteiger partial charge in [-0.25, -0.2) is 0 Å². The Hall–Kier alpha value is -1.42. The molecular weight excluding hydrogens is 206 g/mol. The third-order valence-corrected chi connectivity index (χ3v) is 3.40. The third-order valence-electron chi connectivity index (χ3n) is 2.59. The normalized spacial score (nSPS) is 23.1. The second-order valence-corrected chi connectivity index (χ2v) is 4.53. The molecule has 1 aromatic rings. The Kier molecular flexibility index (Phi) is 1.95. The van der Waals surface area contributed by atoms with Gasteiger partial charge in [-0.3, -0.25) is 4.99 Å². The van der Waals surface area contributed by atoms with Gasteiger partial charge in [0.05, 0.1) is 12.6 Å². The van der Waals surface area contributed by atoms with Crippen molar-refractivity contribution < 1.29 is 0 Å². The monoisotopic (exact) mass is 217 g/mol. The van der Waals surface area contributed by atoms with Crippen LogP contribution in [0.1, 0.15) is 11.6 Å². The molecule has 0 bridgehead atoms.